The highest BCUT2D eigenvalue weighted by Gasteiger charge is 2.13. The maximum absolute atomic E-state index is 11.4. The quantitative estimate of drug-likeness (QED) is 0.288. The first-order valence-electron chi connectivity index (χ1n) is 6.10. The normalized spacial score (nSPS) is 13.2. The molecule has 0 aliphatic rings. The van der Waals surface area contributed by atoms with Crippen molar-refractivity contribution in [3.8, 4) is 6.07 Å². The van der Waals surface area contributed by atoms with Crippen LogP contribution >= 0.6 is 0 Å². The van der Waals surface area contributed by atoms with Gasteiger partial charge >= 0.3 is 5.97 Å². The molecule has 0 radical (unpaired) electrons. The summed E-state index contributed by atoms with van der Waals surface area (Å²) < 4.78 is 5.39. The van der Waals surface area contributed by atoms with Crippen LogP contribution in [0.15, 0.2) is 11.6 Å². The number of unbranched alkanes of at least 4 members (excludes halogenated alkanes) is 1. The molecule has 0 bridgehead atoms. The van der Waals surface area contributed by atoms with Gasteiger partial charge in [0.15, 0.2) is 0 Å². The van der Waals surface area contributed by atoms with Gasteiger partial charge < -0.3 is 4.74 Å². The lowest BCUT2D eigenvalue weighted by molar-refractivity contribution is -0.280. The Morgan fingerprint density at radius 1 is 1.39 bits per heavy atom. The fourth-order valence-electron chi connectivity index (χ4n) is 1.20. The molecule has 0 rings (SSSR count). The highest BCUT2D eigenvalue weighted by atomic mass is 17.2. The Hall–Kier alpha value is -1.38. The fraction of sp³-hybridized carbons (Fsp3) is 0.692. The molecule has 0 aromatic heterocycles. The van der Waals surface area contributed by atoms with Gasteiger partial charge in [0.2, 0.25) is 0 Å². The van der Waals surface area contributed by atoms with E-state index in [1.807, 2.05) is 27.7 Å². The van der Waals surface area contributed by atoms with Gasteiger partial charge in [-0.1, -0.05) is 19.4 Å². The van der Waals surface area contributed by atoms with Crippen LogP contribution in [0.4, 0.5) is 0 Å². The van der Waals surface area contributed by atoms with Crippen LogP contribution in [-0.2, 0) is 19.3 Å². The zero-order valence-electron chi connectivity index (χ0n) is 11.4. The number of hydrogen-bond acceptors (Lipinski definition) is 5. The molecule has 0 aromatic carbocycles. The molecular formula is C13H21NO4. The molecule has 1 unspecified atom stereocenters. The predicted octanol–water partition coefficient (Wildman–Crippen LogP) is 2.52. The average molecular weight is 255 g/mol. The van der Waals surface area contributed by atoms with Crippen LogP contribution in [0.5, 0.6) is 0 Å². The van der Waals surface area contributed by atoms with Gasteiger partial charge in [-0.15, -0.1) is 0 Å². The number of carbonyl (C=O) groups is 1. The lowest BCUT2D eigenvalue weighted by Gasteiger charge is -2.14. The highest BCUT2D eigenvalue weighted by Crippen LogP contribution is 2.03. The van der Waals surface area contributed by atoms with Crippen molar-refractivity contribution in [2.45, 2.75) is 52.7 Å². The molecule has 0 spiro atoms. The summed E-state index contributed by atoms with van der Waals surface area (Å²) >= 11 is 0. The molecule has 1 atom stereocenters. The van der Waals surface area contributed by atoms with E-state index < -0.39 is 5.97 Å². The molecule has 0 amide bonds. The number of nitrogens with zero attached hydrogens (tertiary/aromatic N) is 1. The van der Waals surface area contributed by atoms with Crippen molar-refractivity contribution in [2.75, 3.05) is 6.61 Å². The number of allylic oxidation sites excluding steroid dienone is 1. The molecule has 102 valence electrons. The van der Waals surface area contributed by atoms with Crippen molar-refractivity contribution in [3.63, 3.8) is 0 Å². The average Bonchev–Trinajstić information content (AvgIpc) is 2.29. The maximum atomic E-state index is 11.4. The van der Waals surface area contributed by atoms with E-state index >= 15 is 0 Å². The minimum Gasteiger partial charge on any atom is -0.373 e. The second-order valence-electron chi connectivity index (χ2n) is 4.17. The summed E-state index contributed by atoms with van der Waals surface area (Å²) in [6.45, 7) is 7.72. The van der Waals surface area contributed by atoms with Gasteiger partial charge in [-0.3, -0.25) is 4.89 Å². The zero-order chi connectivity index (χ0) is 14.0. The van der Waals surface area contributed by atoms with Gasteiger partial charge in [-0.05, 0) is 27.2 Å². The number of hydrogen-bond donors (Lipinski definition) is 0. The maximum Gasteiger partial charge on any atom is 0.383 e. The Balaban J connectivity index is 3.99. The van der Waals surface area contributed by atoms with Gasteiger partial charge in [0, 0.05) is 0 Å². The van der Waals surface area contributed by atoms with Gasteiger partial charge in [0.05, 0.1) is 12.2 Å². The lowest BCUT2D eigenvalue weighted by atomic mass is 10.2. The summed E-state index contributed by atoms with van der Waals surface area (Å²) in [6, 6.07) is 1.78. The van der Waals surface area contributed by atoms with E-state index in [1.54, 1.807) is 12.1 Å². The van der Waals surface area contributed by atoms with Crippen LogP contribution in [0.25, 0.3) is 0 Å². The van der Waals surface area contributed by atoms with E-state index in [4.69, 9.17) is 14.9 Å². The summed E-state index contributed by atoms with van der Waals surface area (Å²) in [7, 11) is 0. The topological polar surface area (TPSA) is 68.6 Å². The second-order valence-corrected chi connectivity index (χ2v) is 4.17. The second kappa shape index (κ2) is 9.63. The summed E-state index contributed by atoms with van der Waals surface area (Å²) in [5, 5.41) is 8.75. The van der Waals surface area contributed by atoms with E-state index in [1.165, 1.54) is 0 Å². The molecule has 0 saturated heterocycles. The smallest absolute Gasteiger partial charge is 0.373 e. The van der Waals surface area contributed by atoms with Crippen LogP contribution < -0.4 is 0 Å². The van der Waals surface area contributed by atoms with Gasteiger partial charge in [0.1, 0.15) is 18.2 Å². The van der Waals surface area contributed by atoms with Crippen molar-refractivity contribution in [3.05, 3.63) is 11.6 Å². The molecule has 0 saturated carbocycles. The molecule has 0 aromatic rings. The SMILES string of the molecule is CCCC=C(C#N)C(=O)OOCC(C)OC(C)C. The minimum absolute atomic E-state index is 0.0331. The third-order valence-electron chi connectivity index (χ3n) is 1.92. The van der Waals surface area contributed by atoms with Crippen molar-refractivity contribution in [1.29, 1.82) is 5.26 Å². The standard InChI is InChI=1S/C13H21NO4/c1-5-6-7-12(8-14)13(15)18-16-9-11(4)17-10(2)3/h7,10-11H,5-6,9H2,1-4H3. The lowest BCUT2D eigenvalue weighted by Crippen LogP contribution is -2.21. The molecule has 18 heavy (non-hydrogen) atoms. The minimum atomic E-state index is -0.761. The molecule has 0 aliphatic heterocycles. The summed E-state index contributed by atoms with van der Waals surface area (Å²) in [5.74, 6) is -0.761. The van der Waals surface area contributed by atoms with E-state index in [2.05, 4.69) is 4.89 Å². The highest BCUT2D eigenvalue weighted by molar-refractivity contribution is 5.92. The van der Waals surface area contributed by atoms with Crippen LogP contribution in [0.3, 0.4) is 0 Å². The predicted molar refractivity (Wildman–Crippen MR) is 66.3 cm³/mol. The Morgan fingerprint density at radius 3 is 2.56 bits per heavy atom. The van der Waals surface area contributed by atoms with Gasteiger partial charge in [0.25, 0.3) is 0 Å². The monoisotopic (exact) mass is 255 g/mol. The molecule has 0 heterocycles. The van der Waals surface area contributed by atoms with Crippen molar-refractivity contribution in [1.82, 2.24) is 0 Å². The first-order chi connectivity index (χ1) is 8.51. The fourth-order valence-corrected chi connectivity index (χ4v) is 1.20. The number of nitriles is 1. The number of ether oxygens (including phenoxy) is 1. The first-order valence-corrected chi connectivity index (χ1v) is 6.10. The third-order valence-corrected chi connectivity index (χ3v) is 1.92. The Kier molecular flexibility index (Phi) is 8.89. The number of rotatable bonds is 8. The van der Waals surface area contributed by atoms with Crippen LogP contribution in [-0.4, -0.2) is 24.8 Å². The van der Waals surface area contributed by atoms with Crippen LogP contribution in [0, 0.1) is 11.3 Å². The Labute approximate surface area is 108 Å². The van der Waals surface area contributed by atoms with Crippen LogP contribution in [0.2, 0.25) is 0 Å². The molecule has 0 aliphatic carbocycles. The summed E-state index contributed by atoms with van der Waals surface area (Å²) in [4.78, 5) is 20.7. The van der Waals surface area contributed by atoms with E-state index in [0.717, 1.165) is 6.42 Å². The summed E-state index contributed by atoms with van der Waals surface area (Å²) in [5.41, 5.74) is -0.0331. The first kappa shape index (κ1) is 16.6. The van der Waals surface area contributed by atoms with E-state index in [0.29, 0.717) is 6.42 Å². The largest absolute Gasteiger partial charge is 0.383 e. The number of carbonyl (C=O) groups excluding carboxylic acids is 1. The van der Waals surface area contributed by atoms with Crippen molar-refractivity contribution in [2.24, 2.45) is 0 Å². The van der Waals surface area contributed by atoms with Gasteiger partial charge in [-0.25, -0.2) is 4.79 Å². The van der Waals surface area contributed by atoms with E-state index in [9.17, 15) is 4.79 Å². The third kappa shape index (κ3) is 7.82. The van der Waals surface area contributed by atoms with Gasteiger partial charge in [-0.2, -0.15) is 10.1 Å². The molecular weight excluding hydrogens is 234 g/mol. The van der Waals surface area contributed by atoms with Crippen molar-refractivity contribution >= 4 is 5.97 Å². The zero-order valence-corrected chi connectivity index (χ0v) is 11.4. The van der Waals surface area contributed by atoms with Crippen LogP contribution in [0.1, 0.15) is 40.5 Å². The molecule has 0 N–H and O–H groups in total. The summed E-state index contributed by atoms with van der Waals surface area (Å²) in [6.07, 6.45) is 2.96. The van der Waals surface area contributed by atoms with E-state index in [-0.39, 0.29) is 24.4 Å². The molecule has 0 fully saturated rings. The Bertz CT molecular complexity index is 317. The molecule has 5 heteroatoms. The van der Waals surface area contributed by atoms with Crippen molar-refractivity contribution < 1.29 is 19.3 Å². The Morgan fingerprint density at radius 2 is 2.06 bits per heavy atom. The molecule has 5 nitrogen and oxygen atoms in total.